The van der Waals surface area contributed by atoms with Gasteiger partial charge in [0.05, 0.1) is 0 Å². The molecule has 0 amide bonds. The summed E-state index contributed by atoms with van der Waals surface area (Å²) in [6, 6.07) is 0. The van der Waals surface area contributed by atoms with E-state index in [-0.39, 0.29) is 0 Å². The Balaban J connectivity index is 2.55. The Hall–Kier alpha value is -0.430. The summed E-state index contributed by atoms with van der Waals surface area (Å²) in [6.07, 6.45) is 8.92. The topological polar surface area (TPSA) is 0 Å². The predicted molar refractivity (Wildman–Crippen MR) is 58.6 cm³/mol. The van der Waals surface area contributed by atoms with E-state index in [1.165, 1.54) is 22.4 Å². The first-order valence-electron chi connectivity index (χ1n) is 4.62. The third-order valence-electron chi connectivity index (χ3n) is 2.30. The van der Waals surface area contributed by atoms with Crippen LogP contribution in [0.15, 0.2) is 23.3 Å². The Kier molecular flexibility index (Phi) is 3.67. The second-order valence-corrected chi connectivity index (χ2v) is 3.76. The first-order chi connectivity index (χ1) is 5.75. The molecule has 1 rings (SSSR count). The minimum absolute atomic E-state index is 1.05. The molecule has 0 unspecified atom stereocenters. The van der Waals surface area contributed by atoms with Crippen LogP contribution in [0, 0.1) is 0 Å². The van der Waals surface area contributed by atoms with Gasteiger partial charge in [-0.3, -0.25) is 0 Å². The number of hydrogen-bond acceptors (Lipinski definition) is 1. The summed E-state index contributed by atoms with van der Waals surface area (Å²) in [5.41, 5.74) is 2.93. The second-order valence-electron chi connectivity index (χ2n) is 3.27. The summed E-state index contributed by atoms with van der Waals surface area (Å²) in [6.45, 7) is 4.36. The maximum Gasteiger partial charge on any atom is 0.0190 e. The van der Waals surface area contributed by atoms with Crippen molar-refractivity contribution in [1.29, 1.82) is 0 Å². The maximum absolute atomic E-state index is 5.28. The summed E-state index contributed by atoms with van der Waals surface area (Å²) >= 11 is 5.28. The summed E-state index contributed by atoms with van der Waals surface area (Å²) in [5.74, 6) is 0. The van der Waals surface area contributed by atoms with E-state index in [2.05, 4.69) is 26.0 Å². The molecule has 0 aliphatic heterocycles. The third kappa shape index (κ3) is 2.28. The Labute approximate surface area is 80.4 Å². The fraction of sp³-hybridized carbons (Fsp3) is 0.545. The van der Waals surface area contributed by atoms with Crippen molar-refractivity contribution < 1.29 is 0 Å². The van der Waals surface area contributed by atoms with Crippen LogP contribution < -0.4 is 0 Å². The van der Waals surface area contributed by atoms with Gasteiger partial charge in [-0.15, -0.1) is 0 Å². The summed E-state index contributed by atoms with van der Waals surface area (Å²) < 4.78 is 0. The molecule has 0 aromatic heterocycles. The van der Waals surface area contributed by atoms with Gasteiger partial charge in [-0.1, -0.05) is 36.9 Å². The Morgan fingerprint density at radius 2 is 2.08 bits per heavy atom. The zero-order valence-corrected chi connectivity index (χ0v) is 8.71. The lowest BCUT2D eigenvalue weighted by molar-refractivity contribution is 1.06. The monoisotopic (exact) mass is 180 g/mol. The molecule has 1 heteroatoms. The van der Waals surface area contributed by atoms with Crippen LogP contribution in [0.5, 0.6) is 0 Å². The van der Waals surface area contributed by atoms with E-state index in [0.717, 1.165) is 19.3 Å². The molecule has 0 aromatic rings. The number of rotatable bonds is 3. The first-order valence-corrected chi connectivity index (χ1v) is 5.03. The molecule has 0 saturated carbocycles. The average Bonchev–Trinajstić information content (AvgIpc) is 2.35. The van der Waals surface area contributed by atoms with Crippen LogP contribution in [0.3, 0.4) is 0 Å². The van der Waals surface area contributed by atoms with Gasteiger partial charge in [0.1, 0.15) is 0 Å². The number of hydrogen-bond donors (Lipinski definition) is 0. The third-order valence-corrected chi connectivity index (χ3v) is 2.75. The van der Waals surface area contributed by atoms with Crippen molar-refractivity contribution in [3.8, 4) is 0 Å². The van der Waals surface area contributed by atoms with Crippen molar-refractivity contribution >= 4 is 17.1 Å². The van der Waals surface area contributed by atoms with Crippen LogP contribution in [0.4, 0.5) is 0 Å². The molecule has 0 radical (unpaired) electrons. The standard InChI is InChI=1S/C11H16S/c1-3-4-5-6-10-9(2)7-8-11(10)12/h4-5H,3,6-8H2,1-2H3. The zero-order valence-electron chi connectivity index (χ0n) is 7.89. The first kappa shape index (κ1) is 9.66. The molecular weight excluding hydrogens is 164 g/mol. The van der Waals surface area contributed by atoms with Gasteiger partial charge in [-0.25, -0.2) is 0 Å². The molecule has 66 valence electrons. The molecule has 0 aromatic carbocycles. The molecule has 1 aliphatic rings. The van der Waals surface area contributed by atoms with E-state index in [1.54, 1.807) is 0 Å². The number of thiocarbonyl (C=S) groups is 1. The van der Waals surface area contributed by atoms with Gasteiger partial charge in [-0.2, -0.15) is 0 Å². The Bertz CT molecular complexity index is 233. The van der Waals surface area contributed by atoms with Crippen molar-refractivity contribution in [3.63, 3.8) is 0 Å². The molecule has 0 N–H and O–H groups in total. The average molecular weight is 180 g/mol. The van der Waals surface area contributed by atoms with E-state index in [0.29, 0.717) is 0 Å². The zero-order chi connectivity index (χ0) is 8.97. The molecule has 0 bridgehead atoms. The highest BCUT2D eigenvalue weighted by Gasteiger charge is 2.14. The van der Waals surface area contributed by atoms with Crippen molar-refractivity contribution in [2.45, 2.75) is 39.5 Å². The van der Waals surface area contributed by atoms with Crippen LogP contribution in [0.25, 0.3) is 0 Å². The Morgan fingerprint density at radius 1 is 1.33 bits per heavy atom. The highest BCUT2D eigenvalue weighted by molar-refractivity contribution is 7.80. The highest BCUT2D eigenvalue weighted by atomic mass is 32.1. The van der Waals surface area contributed by atoms with E-state index in [1.807, 2.05) is 0 Å². The van der Waals surface area contributed by atoms with E-state index in [9.17, 15) is 0 Å². The van der Waals surface area contributed by atoms with Gasteiger partial charge in [0.15, 0.2) is 0 Å². The van der Waals surface area contributed by atoms with E-state index < -0.39 is 0 Å². The molecule has 0 heterocycles. The van der Waals surface area contributed by atoms with E-state index >= 15 is 0 Å². The largest absolute Gasteiger partial charge is 0.0885 e. The molecule has 0 spiro atoms. The molecule has 0 nitrogen and oxygen atoms in total. The second kappa shape index (κ2) is 4.56. The quantitative estimate of drug-likeness (QED) is 0.470. The lowest BCUT2D eigenvalue weighted by Gasteiger charge is -1.98. The number of allylic oxidation sites excluding steroid dienone is 4. The highest BCUT2D eigenvalue weighted by Crippen LogP contribution is 2.26. The fourth-order valence-electron chi connectivity index (χ4n) is 1.50. The summed E-state index contributed by atoms with van der Waals surface area (Å²) in [5, 5.41) is 0. The van der Waals surface area contributed by atoms with Gasteiger partial charge in [0, 0.05) is 4.86 Å². The van der Waals surface area contributed by atoms with Crippen LogP contribution in [0.2, 0.25) is 0 Å². The van der Waals surface area contributed by atoms with Gasteiger partial charge in [0.2, 0.25) is 0 Å². The van der Waals surface area contributed by atoms with Crippen molar-refractivity contribution in [3.05, 3.63) is 23.3 Å². The van der Waals surface area contributed by atoms with Gasteiger partial charge in [-0.05, 0) is 38.2 Å². The molecular formula is C11H16S. The minimum atomic E-state index is 1.05. The normalized spacial score (nSPS) is 18.3. The predicted octanol–water partition coefficient (Wildman–Crippen LogP) is 3.82. The molecule has 0 fully saturated rings. The maximum atomic E-state index is 5.28. The summed E-state index contributed by atoms with van der Waals surface area (Å²) in [7, 11) is 0. The lowest BCUT2D eigenvalue weighted by Crippen LogP contribution is -1.91. The lowest BCUT2D eigenvalue weighted by atomic mass is 10.1. The minimum Gasteiger partial charge on any atom is -0.0885 e. The van der Waals surface area contributed by atoms with Crippen molar-refractivity contribution in [2.75, 3.05) is 0 Å². The van der Waals surface area contributed by atoms with Crippen LogP contribution in [0.1, 0.15) is 39.5 Å². The van der Waals surface area contributed by atoms with Crippen LogP contribution in [-0.4, -0.2) is 4.86 Å². The molecule has 0 atom stereocenters. The van der Waals surface area contributed by atoms with Crippen molar-refractivity contribution in [1.82, 2.24) is 0 Å². The van der Waals surface area contributed by atoms with Crippen LogP contribution >= 0.6 is 12.2 Å². The summed E-state index contributed by atoms with van der Waals surface area (Å²) in [4.78, 5) is 1.19. The Morgan fingerprint density at radius 3 is 2.58 bits per heavy atom. The van der Waals surface area contributed by atoms with Gasteiger partial charge < -0.3 is 0 Å². The molecule has 0 saturated heterocycles. The fourth-order valence-corrected chi connectivity index (χ4v) is 1.86. The van der Waals surface area contributed by atoms with Gasteiger partial charge >= 0.3 is 0 Å². The SMILES string of the molecule is CCC=CCC1=C(C)CCC1=S. The van der Waals surface area contributed by atoms with Gasteiger partial charge in [0.25, 0.3) is 0 Å². The molecule has 1 aliphatic carbocycles. The van der Waals surface area contributed by atoms with Crippen LogP contribution in [-0.2, 0) is 0 Å². The van der Waals surface area contributed by atoms with E-state index in [4.69, 9.17) is 12.2 Å². The smallest absolute Gasteiger partial charge is 0.0190 e. The van der Waals surface area contributed by atoms with Crippen molar-refractivity contribution in [2.24, 2.45) is 0 Å². The molecule has 12 heavy (non-hydrogen) atoms.